The van der Waals surface area contributed by atoms with Crippen LogP contribution >= 0.6 is 0 Å². The summed E-state index contributed by atoms with van der Waals surface area (Å²) in [6.45, 7) is 5.87. The van der Waals surface area contributed by atoms with Crippen LogP contribution in [0, 0.1) is 0 Å². The van der Waals surface area contributed by atoms with Crippen molar-refractivity contribution in [2.75, 3.05) is 7.11 Å². The number of carbonyl (C=O) groups excluding carboxylic acids is 2. The van der Waals surface area contributed by atoms with Crippen LogP contribution in [0.5, 0.6) is 11.5 Å². The van der Waals surface area contributed by atoms with Gasteiger partial charge in [-0.2, -0.15) is 0 Å². The van der Waals surface area contributed by atoms with Crippen LogP contribution < -0.4 is 9.47 Å². The summed E-state index contributed by atoms with van der Waals surface area (Å²) in [4.78, 5) is 27.0. The molecular formula is C24H27NO5. The maximum Gasteiger partial charge on any atom is 0.290 e. The summed E-state index contributed by atoms with van der Waals surface area (Å²) in [6, 6.07) is 14.0. The average Bonchev–Trinajstić information content (AvgIpc) is 2.99. The van der Waals surface area contributed by atoms with Gasteiger partial charge in [-0.25, -0.2) is 0 Å². The van der Waals surface area contributed by atoms with Gasteiger partial charge in [0.15, 0.2) is 11.5 Å². The first kappa shape index (κ1) is 21.4. The highest BCUT2D eigenvalue weighted by molar-refractivity contribution is 6.08. The smallest absolute Gasteiger partial charge is 0.290 e. The Kier molecular flexibility index (Phi) is 6.45. The van der Waals surface area contributed by atoms with Crippen LogP contribution in [0.3, 0.4) is 0 Å². The number of carbonyl (C=O) groups is 2. The van der Waals surface area contributed by atoms with E-state index in [0.717, 1.165) is 11.3 Å². The standard InChI is InChI=1S/C24H27NO5/c1-5-20(26)21-22(17-7-6-8-19(13-17)29-4)25(24(28)23(21)27)14-16-9-11-18(12-10-16)30-15(2)3/h6-13,15,22,27H,5,14H2,1-4H3. The molecule has 1 N–H and O–H groups in total. The second-order valence-corrected chi connectivity index (χ2v) is 7.46. The number of Topliss-reactive ketones (excluding diaryl/α,β-unsaturated/α-hetero) is 1. The number of methoxy groups -OCH3 is 1. The molecule has 0 saturated heterocycles. The molecule has 0 aromatic heterocycles. The minimum atomic E-state index is -0.674. The summed E-state index contributed by atoms with van der Waals surface area (Å²) in [5.74, 6) is 0.0758. The first-order valence-corrected chi connectivity index (χ1v) is 10.0. The molecule has 0 bridgehead atoms. The van der Waals surface area contributed by atoms with Crippen molar-refractivity contribution in [3.63, 3.8) is 0 Å². The maximum atomic E-state index is 12.9. The van der Waals surface area contributed by atoms with Crippen molar-refractivity contribution in [1.82, 2.24) is 4.90 Å². The molecule has 2 aromatic rings. The summed E-state index contributed by atoms with van der Waals surface area (Å²) in [6.07, 6.45) is 0.264. The van der Waals surface area contributed by atoms with Crippen molar-refractivity contribution >= 4 is 11.7 Å². The number of ether oxygens (including phenoxy) is 2. The van der Waals surface area contributed by atoms with Gasteiger partial charge in [-0.1, -0.05) is 31.2 Å². The van der Waals surface area contributed by atoms with Crippen molar-refractivity contribution in [2.24, 2.45) is 0 Å². The van der Waals surface area contributed by atoms with Crippen molar-refractivity contribution in [3.05, 3.63) is 71.0 Å². The molecule has 1 amide bonds. The monoisotopic (exact) mass is 409 g/mol. The van der Waals surface area contributed by atoms with Gasteiger partial charge < -0.3 is 19.5 Å². The third-order valence-electron chi connectivity index (χ3n) is 4.98. The van der Waals surface area contributed by atoms with Crippen LogP contribution in [0.15, 0.2) is 59.9 Å². The van der Waals surface area contributed by atoms with Gasteiger partial charge >= 0.3 is 0 Å². The van der Waals surface area contributed by atoms with Crippen molar-refractivity contribution in [2.45, 2.75) is 45.9 Å². The molecule has 1 atom stereocenters. The van der Waals surface area contributed by atoms with E-state index in [-0.39, 0.29) is 30.4 Å². The van der Waals surface area contributed by atoms with Gasteiger partial charge in [0, 0.05) is 13.0 Å². The average molecular weight is 409 g/mol. The topological polar surface area (TPSA) is 76.1 Å². The van der Waals surface area contributed by atoms with Gasteiger partial charge in [0.2, 0.25) is 0 Å². The van der Waals surface area contributed by atoms with Gasteiger partial charge in [-0.3, -0.25) is 9.59 Å². The zero-order valence-electron chi connectivity index (χ0n) is 17.7. The molecule has 30 heavy (non-hydrogen) atoms. The predicted octanol–water partition coefficient (Wildman–Crippen LogP) is 4.36. The number of aliphatic hydroxyl groups excluding tert-OH is 1. The number of hydrogen-bond acceptors (Lipinski definition) is 5. The molecule has 0 fully saturated rings. The Bertz CT molecular complexity index is 962. The van der Waals surface area contributed by atoms with E-state index in [0.29, 0.717) is 11.3 Å². The summed E-state index contributed by atoms with van der Waals surface area (Å²) < 4.78 is 11.0. The lowest BCUT2D eigenvalue weighted by Crippen LogP contribution is -2.30. The molecule has 0 radical (unpaired) electrons. The van der Waals surface area contributed by atoms with Gasteiger partial charge in [-0.15, -0.1) is 0 Å². The van der Waals surface area contributed by atoms with Crippen molar-refractivity contribution in [1.29, 1.82) is 0 Å². The van der Waals surface area contributed by atoms with Crippen LogP contribution in [0.2, 0.25) is 0 Å². The largest absolute Gasteiger partial charge is 0.503 e. The fourth-order valence-corrected chi connectivity index (χ4v) is 3.59. The lowest BCUT2D eigenvalue weighted by atomic mass is 9.94. The van der Waals surface area contributed by atoms with Crippen LogP contribution in [-0.2, 0) is 16.1 Å². The molecule has 6 nitrogen and oxygen atoms in total. The van der Waals surface area contributed by atoms with E-state index in [1.165, 1.54) is 4.90 Å². The second kappa shape index (κ2) is 9.03. The van der Waals surface area contributed by atoms with Crippen molar-refractivity contribution in [3.8, 4) is 11.5 Å². The summed E-state index contributed by atoms with van der Waals surface area (Å²) >= 11 is 0. The molecule has 6 heteroatoms. The highest BCUT2D eigenvalue weighted by atomic mass is 16.5. The summed E-state index contributed by atoms with van der Waals surface area (Å²) in [7, 11) is 1.56. The molecular weight excluding hydrogens is 382 g/mol. The molecule has 0 spiro atoms. The number of hydrogen-bond donors (Lipinski definition) is 1. The Morgan fingerprint density at radius 1 is 1.13 bits per heavy atom. The predicted molar refractivity (Wildman–Crippen MR) is 113 cm³/mol. The molecule has 1 aliphatic heterocycles. The Morgan fingerprint density at radius 3 is 2.43 bits per heavy atom. The first-order valence-electron chi connectivity index (χ1n) is 10.0. The third kappa shape index (κ3) is 4.32. The number of aliphatic hydroxyl groups is 1. The SMILES string of the molecule is CCC(=O)C1=C(O)C(=O)N(Cc2ccc(OC(C)C)cc2)C1c1cccc(OC)c1. The van der Waals surface area contributed by atoms with E-state index >= 15 is 0 Å². The van der Waals surface area contributed by atoms with E-state index in [2.05, 4.69) is 0 Å². The van der Waals surface area contributed by atoms with Gasteiger partial charge in [0.05, 0.1) is 24.8 Å². The highest BCUT2D eigenvalue weighted by Gasteiger charge is 2.43. The molecule has 1 aliphatic rings. The Morgan fingerprint density at radius 2 is 1.83 bits per heavy atom. The minimum Gasteiger partial charge on any atom is -0.503 e. The van der Waals surface area contributed by atoms with E-state index < -0.39 is 17.7 Å². The molecule has 1 heterocycles. The zero-order valence-corrected chi connectivity index (χ0v) is 17.7. The maximum absolute atomic E-state index is 12.9. The van der Waals surface area contributed by atoms with E-state index in [1.54, 1.807) is 32.2 Å². The number of benzene rings is 2. The molecule has 2 aromatic carbocycles. The third-order valence-corrected chi connectivity index (χ3v) is 4.98. The Hall–Kier alpha value is -3.28. The molecule has 0 saturated carbocycles. The number of amides is 1. The van der Waals surface area contributed by atoms with Gasteiger partial charge in [-0.05, 0) is 49.2 Å². The van der Waals surface area contributed by atoms with Crippen LogP contribution in [0.1, 0.15) is 44.4 Å². The molecule has 158 valence electrons. The fraction of sp³-hybridized carbons (Fsp3) is 0.333. The summed E-state index contributed by atoms with van der Waals surface area (Å²) in [5.41, 5.74) is 1.71. The summed E-state index contributed by atoms with van der Waals surface area (Å²) in [5, 5.41) is 10.5. The van der Waals surface area contributed by atoms with E-state index in [9.17, 15) is 14.7 Å². The van der Waals surface area contributed by atoms with Gasteiger partial charge in [0.25, 0.3) is 5.91 Å². The molecule has 1 unspecified atom stereocenters. The second-order valence-electron chi connectivity index (χ2n) is 7.46. The lowest BCUT2D eigenvalue weighted by molar-refractivity contribution is -0.130. The van der Waals surface area contributed by atoms with Crippen LogP contribution in [-0.4, -0.2) is 34.9 Å². The first-order chi connectivity index (χ1) is 14.3. The van der Waals surface area contributed by atoms with Crippen LogP contribution in [0.25, 0.3) is 0 Å². The normalized spacial score (nSPS) is 16.4. The Labute approximate surface area is 176 Å². The van der Waals surface area contributed by atoms with E-state index in [4.69, 9.17) is 9.47 Å². The Balaban J connectivity index is 1.97. The number of ketones is 1. The minimum absolute atomic E-state index is 0.0669. The fourth-order valence-electron chi connectivity index (χ4n) is 3.59. The van der Waals surface area contributed by atoms with E-state index in [1.807, 2.05) is 44.2 Å². The number of nitrogens with zero attached hydrogens (tertiary/aromatic N) is 1. The van der Waals surface area contributed by atoms with Crippen LogP contribution in [0.4, 0.5) is 0 Å². The molecule has 0 aliphatic carbocycles. The van der Waals surface area contributed by atoms with Gasteiger partial charge in [0.1, 0.15) is 11.5 Å². The number of rotatable bonds is 8. The molecule has 3 rings (SSSR count). The highest BCUT2D eigenvalue weighted by Crippen LogP contribution is 2.40. The quantitative estimate of drug-likeness (QED) is 0.701. The lowest BCUT2D eigenvalue weighted by Gasteiger charge is -2.27. The van der Waals surface area contributed by atoms with Crippen molar-refractivity contribution < 1.29 is 24.2 Å². The zero-order chi connectivity index (χ0) is 21.8.